The van der Waals surface area contributed by atoms with E-state index in [9.17, 15) is 14.0 Å². The summed E-state index contributed by atoms with van der Waals surface area (Å²) in [5.74, 6) is -0.400. The molecule has 0 aliphatic heterocycles. The number of carbonyl (C=O) groups is 2. The van der Waals surface area contributed by atoms with Gasteiger partial charge in [0.15, 0.2) is 0 Å². The lowest BCUT2D eigenvalue weighted by molar-refractivity contribution is -0.137. The predicted molar refractivity (Wildman–Crippen MR) is 71.6 cm³/mol. The topological polar surface area (TPSA) is 58.6 Å². The van der Waals surface area contributed by atoms with Crippen LogP contribution in [0.5, 0.6) is 0 Å². The summed E-state index contributed by atoms with van der Waals surface area (Å²) in [6.07, 6.45) is -1.78. The summed E-state index contributed by atoms with van der Waals surface area (Å²) in [6.45, 7) is 8.68. The second kappa shape index (κ2) is 7.96. The molecular formula is C13H25FN2O3. The minimum absolute atomic E-state index is 0.0164. The van der Waals surface area contributed by atoms with Gasteiger partial charge in [0.25, 0.3) is 0 Å². The number of hydrogen-bond acceptors (Lipinski definition) is 3. The molecule has 0 saturated heterocycles. The van der Waals surface area contributed by atoms with Gasteiger partial charge in [-0.25, -0.2) is 9.18 Å². The maximum Gasteiger partial charge on any atom is 0.407 e. The van der Waals surface area contributed by atoms with Crippen LogP contribution in [0, 0.1) is 5.92 Å². The van der Waals surface area contributed by atoms with E-state index in [0.717, 1.165) is 0 Å². The molecule has 0 saturated carbocycles. The molecule has 112 valence electrons. The van der Waals surface area contributed by atoms with E-state index < -0.39 is 18.3 Å². The first kappa shape index (κ1) is 17.7. The quantitative estimate of drug-likeness (QED) is 0.807. The molecule has 2 amide bonds. The number of nitrogens with one attached hydrogen (secondary N) is 1. The molecule has 2 atom stereocenters. The first-order chi connectivity index (χ1) is 8.70. The highest BCUT2D eigenvalue weighted by Crippen LogP contribution is 2.11. The number of alkyl carbamates (subject to hydrolysis) is 1. The zero-order chi connectivity index (χ0) is 15.2. The summed E-state index contributed by atoms with van der Waals surface area (Å²) < 4.78 is 17.7. The molecule has 0 bridgehead atoms. The van der Waals surface area contributed by atoms with Crippen LogP contribution in [0.2, 0.25) is 0 Å². The fourth-order valence-corrected chi connectivity index (χ4v) is 1.70. The maximum absolute atomic E-state index is 13.2. The van der Waals surface area contributed by atoms with Crippen molar-refractivity contribution in [2.45, 2.75) is 52.9 Å². The van der Waals surface area contributed by atoms with Crippen LogP contribution in [-0.4, -0.2) is 48.8 Å². The number of carbonyl (C=O) groups excluding carboxylic acids is 2. The van der Waals surface area contributed by atoms with Crippen LogP contribution in [0.15, 0.2) is 0 Å². The van der Waals surface area contributed by atoms with Crippen molar-refractivity contribution in [1.82, 2.24) is 10.2 Å². The van der Waals surface area contributed by atoms with Crippen LogP contribution in [0.4, 0.5) is 9.18 Å². The van der Waals surface area contributed by atoms with Gasteiger partial charge in [0, 0.05) is 6.04 Å². The van der Waals surface area contributed by atoms with Gasteiger partial charge in [0.2, 0.25) is 5.91 Å². The molecule has 0 radical (unpaired) electrons. The molecule has 0 aromatic rings. The number of ether oxygens (including phenoxy) is 1. The number of hydrogen-bond donors (Lipinski definition) is 1. The van der Waals surface area contributed by atoms with E-state index in [-0.39, 0.29) is 24.4 Å². The number of alkyl halides is 1. The van der Waals surface area contributed by atoms with E-state index in [4.69, 9.17) is 0 Å². The lowest BCUT2D eigenvalue weighted by Gasteiger charge is -2.32. The maximum atomic E-state index is 13.2. The smallest absolute Gasteiger partial charge is 0.407 e. The molecule has 0 heterocycles. The lowest BCUT2D eigenvalue weighted by Crippen LogP contribution is -2.54. The Kier molecular flexibility index (Phi) is 7.41. The Morgan fingerprint density at radius 3 is 2.05 bits per heavy atom. The Morgan fingerprint density at radius 1 is 1.21 bits per heavy atom. The third-order valence-electron chi connectivity index (χ3n) is 2.75. The molecule has 0 rings (SSSR count). The summed E-state index contributed by atoms with van der Waals surface area (Å²) in [5.41, 5.74) is 0. The Hall–Kier alpha value is -1.33. The van der Waals surface area contributed by atoms with Crippen LogP contribution in [0.25, 0.3) is 0 Å². The number of nitrogens with zero attached hydrogens (tertiary/aromatic N) is 1. The van der Waals surface area contributed by atoms with Crippen molar-refractivity contribution in [3.8, 4) is 0 Å². The summed E-state index contributed by atoms with van der Waals surface area (Å²) in [7, 11) is 1.24. The van der Waals surface area contributed by atoms with Crippen molar-refractivity contribution in [3.05, 3.63) is 0 Å². The first-order valence-corrected chi connectivity index (χ1v) is 6.49. The third kappa shape index (κ3) is 5.89. The van der Waals surface area contributed by atoms with Crippen molar-refractivity contribution in [1.29, 1.82) is 0 Å². The van der Waals surface area contributed by atoms with Crippen LogP contribution in [0.1, 0.15) is 34.6 Å². The van der Waals surface area contributed by atoms with E-state index in [1.807, 2.05) is 27.7 Å². The standard InChI is InChI=1S/C13H25FN2O3/c1-8(2)11(15-13(18)19-6)12(17)16(9(3)4)7-10(5)14/h8-11H,7H2,1-6H3,(H,15,18). The van der Waals surface area contributed by atoms with Gasteiger partial charge in [-0.15, -0.1) is 0 Å². The van der Waals surface area contributed by atoms with Gasteiger partial charge in [-0.2, -0.15) is 0 Å². The van der Waals surface area contributed by atoms with Gasteiger partial charge in [-0.1, -0.05) is 13.8 Å². The van der Waals surface area contributed by atoms with Gasteiger partial charge >= 0.3 is 6.09 Å². The lowest BCUT2D eigenvalue weighted by atomic mass is 10.0. The highest BCUT2D eigenvalue weighted by Gasteiger charge is 2.30. The van der Waals surface area contributed by atoms with Crippen LogP contribution in [-0.2, 0) is 9.53 Å². The van der Waals surface area contributed by atoms with Gasteiger partial charge in [-0.3, -0.25) is 4.79 Å². The minimum atomic E-state index is -1.11. The molecule has 0 aliphatic rings. The van der Waals surface area contributed by atoms with Gasteiger partial charge in [0.1, 0.15) is 12.2 Å². The SMILES string of the molecule is COC(=O)NC(C(=O)N(CC(C)F)C(C)C)C(C)C. The van der Waals surface area contributed by atoms with E-state index in [1.165, 1.54) is 18.9 Å². The Bertz CT molecular complexity index is 306. The summed E-state index contributed by atoms with van der Waals surface area (Å²) >= 11 is 0. The van der Waals surface area contributed by atoms with Gasteiger partial charge in [-0.05, 0) is 26.7 Å². The van der Waals surface area contributed by atoms with Crippen molar-refractivity contribution in [2.75, 3.05) is 13.7 Å². The average Bonchev–Trinajstić information content (AvgIpc) is 2.30. The third-order valence-corrected chi connectivity index (χ3v) is 2.75. The molecular weight excluding hydrogens is 251 g/mol. The molecule has 0 aliphatic carbocycles. The fourth-order valence-electron chi connectivity index (χ4n) is 1.70. The fraction of sp³-hybridized carbons (Fsp3) is 0.846. The van der Waals surface area contributed by atoms with E-state index in [1.54, 1.807) is 0 Å². The van der Waals surface area contributed by atoms with Crippen molar-refractivity contribution < 1.29 is 18.7 Å². The highest BCUT2D eigenvalue weighted by atomic mass is 19.1. The first-order valence-electron chi connectivity index (χ1n) is 6.49. The van der Waals surface area contributed by atoms with Crippen LogP contribution >= 0.6 is 0 Å². The zero-order valence-corrected chi connectivity index (χ0v) is 12.6. The minimum Gasteiger partial charge on any atom is -0.453 e. The second-order valence-electron chi connectivity index (χ2n) is 5.22. The zero-order valence-electron chi connectivity index (χ0n) is 12.6. The molecule has 2 unspecified atom stereocenters. The molecule has 0 aromatic heterocycles. The summed E-state index contributed by atoms with van der Waals surface area (Å²) in [6, 6.07) is -0.847. The summed E-state index contributed by atoms with van der Waals surface area (Å²) in [4.78, 5) is 25.1. The predicted octanol–water partition coefficient (Wildman–Crippen LogP) is 1.96. The summed E-state index contributed by atoms with van der Waals surface area (Å²) in [5, 5.41) is 2.50. The molecule has 1 N–H and O–H groups in total. The normalized spacial score (nSPS) is 14.2. The Balaban J connectivity index is 4.97. The van der Waals surface area contributed by atoms with E-state index >= 15 is 0 Å². The number of amides is 2. The average molecular weight is 276 g/mol. The van der Waals surface area contributed by atoms with Crippen LogP contribution in [0.3, 0.4) is 0 Å². The van der Waals surface area contributed by atoms with Crippen molar-refractivity contribution in [3.63, 3.8) is 0 Å². The number of rotatable bonds is 6. The van der Waals surface area contributed by atoms with E-state index in [2.05, 4.69) is 10.1 Å². The van der Waals surface area contributed by atoms with Gasteiger partial charge < -0.3 is 15.0 Å². The van der Waals surface area contributed by atoms with Crippen molar-refractivity contribution in [2.24, 2.45) is 5.92 Å². The Morgan fingerprint density at radius 2 is 1.74 bits per heavy atom. The number of methoxy groups -OCH3 is 1. The molecule has 0 aromatic carbocycles. The molecule has 0 spiro atoms. The second-order valence-corrected chi connectivity index (χ2v) is 5.22. The molecule has 5 nitrogen and oxygen atoms in total. The largest absolute Gasteiger partial charge is 0.453 e. The monoisotopic (exact) mass is 276 g/mol. The molecule has 0 fully saturated rings. The number of halogens is 1. The van der Waals surface area contributed by atoms with Crippen LogP contribution < -0.4 is 5.32 Å². The molecule has 19 heavy (non-hydrogen) atoms. The Labute approximate surface area is 114 Å². The highest BCUT2D eigenvalue weighted by molar-refractivity contribution is 5.86. The van der Waals surface area contributed by atoms with E-state index in [0.29, 0.717) is 0 Å². The van der Waals surface area contributed by atoms with Gasteiger partial charge in [0.05, 0.1) is 13.7 Å². The van der Waals surface area contributed by atoms with Crippen molar-refractivity contribution >= 4 is 12.0 Å². The molecule has 6 heteroatoms.